The van der Waals surface area contributed by atoms with Crippen molar-refractivity contribution in [3.05, 3.63) is 74.6 Å². The Balaban J connectivity index is 1.52. The number of carboxylic acids is 1. The average molecular weight is 563 g/mol. The van der Waals surface area contributed by atoms with Crippen molar-refractivity contribution in [2.75, 3.05) is 34.8 Å². The Labute approximate surface area is 236 Å². The minimum absolute atomic E-state index is 0.0381. The summed E-state index contributed by atoms with van der Waals surface area (Å²) in [7, 11) is 1.75. The Morgan fingerprint density at radius 3 is 2.62 bits per heavy atom. The molecule has 1 aromatic carbocycles. The van der Waals surface area contributed by atoms with Crippen molar-refractivity contribution >= 4 is 46.1 Å². The summed E-state index contributed by atoms with van der Waals surface area (Å²) in [6, 6.07) is 8.46. The van der Waals surface area contributed by atoms with Crippen LogP contribution in [-0.2, 0) is 7.05 Å². The molecule has 12 heteroatoms. The number of piperazine rings is 1. The molecule has 2 atom stereocenters. The fraction of sp³-hybridized carbons (Fsp3) is 0.357. The number of aromatic nitrogens is 5. The van der Waals surface area contributed by atoms with Crippen LogP contribution in [0.15, 0.2) is 41.3 Å². The summed E-state index contributed by atoms with van der Waals surface area (Å²) >= 11 is 5.94. The summed E-state index contributed by atoms with van der Waals surface area (Å²) in [6.07, 6.45) is 1.77. The first-order valence-corrected chi connectivity index (χ1v) is 13.4. The van der Waals surface area contributed by atoms with Crippen LogP contribution in [0, 0.1) is 13.8 Å². The molecule has 0 bridgehead atoms. The van der Waals surface area contributed by atoms with Crippen molar-refractivity contribution in [2.24, 2.45) is 7.05 Å². The molecule has 3 aromatic heterocycles. The van der Waals surface area contributed by atoms with E-state index in [9.17, 15) is 14.7 Å². The Hall–Kier alpha value is -4.25. The van der Waals surface area contributed by atoms with Gasteiger partial charge in [-0.2, -0.15) is 0 Å². The van der Waals surface area contributed by atoms with E-state index >= 15 is 0 Å². The lowest BCUT2D eigenvalue weighted by Crippen LogP contribution is -2.54. The summed E-state index contributed by atoms with van der Waals surface area (Å²) in [5.74, 6) is 0.0817. The van der Waals surface area contributed by atoms with Gasteiger partial charge in [0, 0.05) is 50.2 Å². The van der Waals surface area contributed by atoms with Crippen molar-refractivity contribution in [3.63, 3.8) is 0 Å². The molecule has 40 heavy (non-hydrogen) atoms. The SMILES string of the molecule is Cc1cc([C@@H](C)Nc2ccc(Cl)nc2C(=O)O)c2nc(N3CCN(c4nccc(C)n4)C[C@@H]3C)n(C)c(=O)c2c1. The molecule has 208 valence electrons. The molecule has 4 aromatic rings. The standard InChI is InChI=1S/C28H31ClN8O3/c1-15-12-19(18(4)32-21-6-7-22(29)33-24(21)26(39)40)23-20(13-15)25(38)35(5)28(34-23)37-11-10-36(14-17(37)3)27-30-9-8-16(2)31-27/h6-9,12-13,17-18,32H,10-11,14H2,1-5H3,(H,39,40)/t17-,18+/m0/s1. The highest BCUT2D eigenvalue weighted by Gasteiger charge is 2.29. The minimum atomic E-state index is -1.19. The van der Waals surface area contributed by atoms with E-state index < -0.39 is 5.97 Å². The fourth-order valence-electron chi connectivity index (χ4n) is 5.18. The molecule has 0 unspecified atom stereocenters. The minimum Gasteiger partial charge on any atom is -0.476 e. The van der Waals surface area contributed by atoms with Crippen molar-refractivity contribution < 1.29 is 9.90 Å². The highest BCUT2D eigenvalue weighted by atomic mass is 35.5. The molecule has 1 aliphatic rings. The maximum absolute atomic E-state index is 13.6. The number of nitrogens with one attached hydrogen (secondary N) is 1. The second-order valence-corrected chi connectivity index (χ2v) is 10.6. The summed E-state index contributed by atoms with van der Waals surface area (Å²) in [5.41, 5.74) is 3.16. The van der Waals surface area contributed by atoms with Crippen LogP contribution in [0.1, 0.15) is 47.2 Å². The molecule has 4 heterocycles. The van der Waals surface area contributed by atoms with Gasteiger partial charge in [0.05, 0.1) is 22.6 Å². The van der Waals surface area contributed by atoms with Gasteiger partial charge in [0.1, 0.15) is 5.15 Å². The van der Waals surface area contributed by atoms with E-state index in [4.69, 9.17) is 16.6 Å². The topological polar surface area (TPSA) is 129 Å². The number of nitrogens with zero attached hydrogens (tertiary/aromatic N) is 7. The third-order valence-electron chi connectivity index (χ3n) is 7.18. The first-order chi connectivity index (χ1) is 19.0. The zero-order chi connectivity index (χ0) is 28.7. The number of aromatic carboxylic acids is 1. The molecule has 0 radical (unpaired) electrons. The van der Waals surface area contributed by atoms with Crippen molar-refractivity contribution in [3.8, 4) is 0 Å². The Morgan fingerprint density at radius 1 is 1.15 bits per heavy atom. The molecule has 0 saturated carbocycles. The molecular formula is C28H31ClN8O3. The second-order valence-electron chi connectivity index (χ2n) is 10.2. The lowest BCUT2D eigenvalue weighted by molar-refractivity contribution is 0.0691. The fourth-order valence-corrected chi connectivity index (χ4v) is 5.33. The predicted molar refractivity (Wildman–Crippen MR) is 156 cm³/mol. The maximum Gasteiger partial charge on any atom is 0.356 e. The van der Waals surface area contributed by atoms with Crippen LogP contribution < -0.4 is 20.7 Å². The average Bonchev–Trinajstić information content (AvgIpc) is 2.91. The zero-order valence-electron chi connectivity index (χ0n) is 23.0. The molecule has 1 saturated heterocycles. The van der Waals surface area contributed by atoms with Gasteiger partial charge in [-0.3, -0.25) is 9.36 Å². The highest BCUT2D eigenvalue weighted by molar-refractivity contribution is 6.29. The van der Waals surface area contributed by atoms with E-state index in [2.05, 4.69) is 37.0 Å². The number of aryl methyl sites for hydroxylation is 2. The van der Waals surface area contributed by atoms with Crippen LogP contribution in [0.2, 0.25) is 5.15 Å². The molecule has 0 spiro atoms. The molecule has 0 aliphatic carbocycles. The van der Waals surface area contributed by atoms with Gasteiger partial charge in [-0.15, -0.1) is 0 Å². The molecule has 5 rings (SSSR count). The van der Waals surface area contributed by atoms with Crippen LogP contribution in [0.4, 0.5) is 17.6 Å². The van der Waals surface area contributed by atoms with E-state index in [0.717, 1.165) is 16.8 Å². The predicted octanol–water partition coefficient (Wildman–Crippen LogP) is 3.98. The molecule has 11 nitrogen and oxygen atoms in total. The number of carbonyl (C=O) groups is 1. The van der Waals surface area contributed by atoms with Gasteiger partial charge >= 0.3 is 5.97 Å². The Morgan fingerprint density at radius 2 is 1.93 bits per heavy atom. The van der Waals surface area contributed by atoms with Crippen LogP contribution in [0.3, 0.4) is 0 Å². The van der Waals surface area contributed by atoms with Crippen molar-refractivity contribution in [1.29, 1.82) is 0 Å². The quantitative estimate of drug-likeness (QED) is 0.333. The van der Waals surface area contributed by atoms with Crippen LogP contribution >= 0.6 is 11.6 Å². The number of anilines is 3. The zero-order valence-corrected chi connectivity index (χ0v) is 23.8. The lowest BCUT2D eigenvalue weighted by atomic mass is 10.0. The lowest BCUT2D eigenvalue weighted by Gasteiger charge is -2.41. The smallest absolute Gasteiger partial charge is 0.356 e. The molecule has 0 amide bonds. The maximum atomic E-state index is 13.6. The van der Waals surface area contributed by atoms with Gasteiger partial charge in [-0.05, 0) is 57.5 Å². The first-order valence-electron chi connectivity index (χ1n) is 13.0. The molecule has 2 N–H and O–H groups in total. The van der Waals surface area contributed by atoms with E-state index in [0.29, 0.717) is 48.1 Å². The first kappa shape index (κ1) is 27.3. The summed E-state index contributed by atoms with van der Waals surface area (Å²) in [6.45, 7) is 9.86. The summed E-state index contributed by atoms with van der Waals surface area (Å²) in [5, 5.41) is 13.5. The van der Waals surface area contributed by atoms with Gasteiger partial charge < -0.3 is 20.2 Å². The van der Waals surface area contributed by atoms with Gasteiger partial charge in [-0.25, -0.2) is 24.7 Å². The van der Waals surface area contributed by atoms with Crippen LogP contribution in [0.25, 0.3) is 10.9 Å². The third kappa shape index (κ3) is 5.16. The van der Waals surface area contributed by atoms with Crippen molar-refractivity contribution in [2.45, 2.75) is 39.8 Å². The van der Waals surface area contributed by atoms with E-state index in [-0.39, 0.29) is 28.5 Å². The largest absolute Gasteiger partial charge is 0.476 e. The number of hydrogen-bond acceptors (Lipinski definition) is 9. The van der Waals surface area contributed by atoms with Gasteiger partial charge in [0.15, 0.2) is 5.69 Å². The second kappa shape index (κ2) is 10.7. The van der Waals surface area contributed by atoms with E-state index in [1.807, 2.05) is 39.0 Å². The van der Waals surface area contributed by atoms with Crippen molar-refractivity contribution in [1.82, 2.24) is 24.5 Å². The Kier molecular flexibility index (Phi) is 7.33. The monoisotopic (exact) mass is 562 g/mol. The number of fused-ring (bicyclic) bond motifs is 1. The van der Waals surface area contributed by atoms with Gasteiger partial charge in [0.25, 0.3) is 5.56 Å². The number of pyridine rings is 1. The molecule has 1 fully saturated rings. The molecule has 1 aliphatic heterocycles. The number of halogens is 1. The normalized spacial score (nSPS) is 16.3. The van der Waals surface area contributed by atoms with Crippen LogP contribution in [0.5, 0.6) is 0 Å². The number of hydrogen-bond donors (Lipinski definition) is 2. The van der Waals surface area contributed by atoms with Gasteiger partial charge in [0.2, 0.25) is 11.9 Å². The van der Waals surface area contributed by atoms with E-state index in [1.165, 1.54) is 6.07 Å². The third-order valence-corrected chi connectivity index (χ3v) is 7.39. The summed E-state index contributed by atoms with van der Waals surface area (Å²) in [4.78, 5) is 47.7. The van der Waals surface area contributed by atoms with Gasteiger partial charge in [-0.1, -0.05) is 17.7 Å². The number of rotatable bonds is 6. The summed E-state index contributed by atoms with van der Waals surface area (Å²) < 4.78 is 1.60. The molecular weight excluding hydrogens is 532 g/mol. The van der Waals surface area contributed by atoms with E-state index in [1.54, 1.807) is 23.9 Å². The van der Waals surface area contributed by atoms with Crippen LogP contribution in [-0.4, -0.2) is 61.3 Å². The number of carboxylic acid groups (broad SMARTS) is 1. The highest BCUT2D eigenvalue weighted by Crippen LogP contribution is 2.30. The number of benzene rings is 1. The Bertz CT molecular complexity index is 1670.